The summed E-state index contributed by atoms with van der Waals surface area (Å²) in [5.74, 6) is 0.687. The maximum atomic E-state index is 6.35. The van der Waals surface area contributed by atoms with Gasteiger partial charge in [0.1, 0.15) is 0 Å². The Morgan fingerprint density at radius 2 is 2.00 bits per heavy atom. The van der Waals surface area contributed by atoms with Crippen molar-refractivity contribution in [1.82, 2.24) is 0 Å². The van der Waals surface area contributed by atoms with Gasteiger partial charge in [-0.15, -0.1) is 0 Å². The normalized spacial score (nSPS) is 21.4. The topological polar surface area (TPSA) is 26.0 Å². The number of aryl methyl sites for hydroxylation is 1. The molecule has 0 aromatic heterocycles. The fourth-order valence-corrected chi connectivity index (χ4v) is 3.33. The molecular formula is C17H27N. The van der Waals surface area contributed by atoms with Crippen molar-refractivity contribution in [3.8, 4) is 0 Å². The molecule has 0 amide bonds. The molecule has 2 unspecified atom stereocenters. The first-order valence-electron chi connectivity index (χ1n) is 7.29. The van der Waals surface area contributed by atoms with Gasteiger partial charge in [-0.1, -0.05) is 45.0 Å². The van der Waals surface area contributed by atoms with Crippen LogP contribution in [-0.2, 0) is 6.42 Å². The van der Waals surface area contributed by atoms with Crippen molar-refractivity contribution in [2.24, 2.45) is 11.1 Å². The summed E-state index contributed by atoms with van der Waals surface area (Å²) in [4.78, 5) is 0. The molecule has 0 saturated heterocycles. The van der Waals surface area contributed by atoms with E-state index in [-0.39, 0.29) is 0 Å². The molecular weight excluding hydrogens is 218 g/mol. The van der Waals surface area contributed by atoms with E-state index in [4.69, 9.17) is 5.73 Å². The molecule has 2 rings (SSSR count). The molecule has 1 heteroatoms. The molecule has 0 bridgehead atoms. The smallest absolute Gasteiger partial charge is 0.00496 e. The van der Waals surface area contributed by atoms with Crippen LogP contribution >= 0.6 is 0 Å². The van der Waals surface area contributed by atoms with Crippen LogP contribution in [0, 0.1) is 5.41 Å². The first-order valence-corrected chi connectivity index (χ1v) is 7.29. The van der Waals surface area contributed by atoms with Gasteiger partial charge in [-0.05, 0) is 54.6 Å². The Morgan fingerprint density at radius 3 is 2.72 bits per heavy atom. The molecule has 0 heterocycles. The number of rotatable bonds is 3. The van der Waals surface area contributed by atoms with E-state index in [0.717, 1.165) is 12.8 Å². The van der Waals surface area contributed by atoms with Crippen molar-refractivity contribution in [3.63, 3.8) is 0 Å². The summed E-state index contributed by atoms with van der Waals surface area (Å²) < 4.78 is 0. The van der Waals surface area contributed by atoms with Crippen LogP contribution in [-0.4, -0.2) is 6.04 Å². The van der Waals surface area contributed by atoms with Crippen LogP contribution in [0.15, 0.2) is 24.3 Å². The minimum absolute atomic E-state index is 0.334. The van der Waals surface area contributed by atoms with Gasteiger partial charge in [0, 0.05) is 6.04 Å². The molecule has 2 atom stereocenters. The highest BCUT2D eigenvalue weighted by molar-refractivity contribution is 5.32. The zero-order chi connectivity index (χ0) is 13.2. The third-order valence-electron chi connectivity index (χ3n) is 3.96. The van der Waals surface area contributed by atoms with Crippen LogP contribution in [0.1, 0.15) is 63.5 Å². The lowest BCUT2D eigenvalue weighted by Gasteiger charge is -2.30. The fraction of sp³-hybridized carbons (Fsp3) is 0.647. The van der Waals surface area contributed by atoms with Gasteiger partial charge in [0.15, 0.2) is 0 Å². The number of benzene rings is 1. The largest absolute Gasteiger partial charge is 0.328 e. The van der Waals surface area contributed by atoms with Crippen LogP contribution in [0.4, 0.5) is 0 Å². The summed E-state index contributed by atoms with van der Waals surface area (Å²) in [6.45, 7) is 6.84. The van der Waals surface area contributed by atoms with E-state index < -0.39 is 0 Å². The van der Waals surface area contributed by atoms with E-state index in [1.807, 2.05) is 0 Å². The molecule has 100 valence electrons. The molecule has 1 aromatic rings. The molecule has 0 aliphatic heterocycles. The second-order valence-corrected chi connectivity index (χ2v) is 7.05. The number of hydrogen-bond acceptors (Lipinski definition) is 1. The average Bonchev–Trinajstić information content (AvgIpc) is 2.27. The minimum atomic E-state index is 0.334. The van der Waals surface area contributed by atoms with Gasteiger partial charge in [0.25, 0.3) is 0 Å². The first kappa shape index (κ1) is 13.6. The highest BCUT2D eigenvalue weighted by atomic mass is 14.6. The second kappa shape index (κ2) is 5.44. The molecule has 1 aromatic carbocycles. The third kappa shape index (κ3) is 3.58. The molecule has 1 nitrogen and oxygen atoms in total. The molecule has 1 aliphatic carbocycles. The summed E-state index contributed by atoms with van der Waals surface area (Å²) >= 11 is 0. The van der Waals surface area contributed by atoms with E-state index in [1.165, 1.54) is 19.3 Å². The van der Waals surface area contributed by atoms with Crippen molar-refractivity contribution >= 4 is 0 Å². The summed E-state index contributed by atoms with van der Waals surface area (Å²) in [7, 11) is 0. The summed E-state index contributed by atoms with van der Waals surface area (Å²) in [5.41, 5.74) is 9.80. The summed E-state index contributed by atoms with van der Waals surface area (Å²) in [5, 5.41) is 0. The second-order valence-electron chi connectivity index (χ2n) is 7.05. The third-order valence-corrected chi connectivity index (χ3v) is 3.96. The Hall–Kier alpha value is -0.820. The van der Waals surface area contributed by atoms with E-state index in [9.17, 15) is 0 Å². The van der Waals surface area contributed by atoms with Crippen LogP contribution in [0.3, 0.4) is 0 Å². The summed E-state index contributed by atoms with van der Waals surface area (Å²) in [6, 6.07) is 9.27. The van der Waals surface area contributed by atoms with Gasteiger partial charge < -0.3 is 5.73 Å². The lowest BCUT2D eigenvalue weighted by atomic mass is 9.77. The highest BCUT2D eigenvalue weighted by Gasteiger charge is 2.24. The number of hydrogen-bond donors (Lipinski definition) is 1. The van der Waals surface area contributed by atoms with E-state index >= 15 is 0 Å². The van der Waals surface area contributed by atoms with Crippen LogP contribution in [0.25, 0.3) is 0 Å². The molecule has 1 aliphatic rings. The Balaban J connectivity index is 2.03. The quantitative estimate of drug-likeness (QED) is 0.846. The van der Waals surface area contributed by atoms with Crippen LogP contribution in [0.2, 0.25) is 0 Å². The standard InChI is InChI=1S/C17H27N/c1-17(2,3)12-15(18)11-14-9-6-8-13-7-4-5-10-16(13)14/h4-5,7,10,14-15H,6,8-9,11-12,18H2,1-3H3. The zero-order valence-electron chi connectivity index (χ0n) is 12.1. The maximum Gasteiger partial charge on any atom is 0.00496 e. The predicted octanol–water partition coefficient (Wildman–Crippen LogP) is 4.26. The van der Waals surface area contributed by atoms with Gasteiger partial charge in [-0.2, -0.15) is 0 Å². The Kier molecular flexibility index (Phi) is 4.11. The Morgan fingerprint density at radius 1 is 1.28 bits per heavy atom. The van der Waals surface area contributed by atoms with E-state index in [2.05, 4.69) is 45.0 Å². The monoisotopic (exact) mass is 245 g/mol. The van der Waals surface area contributed by atoms with E-state index in [0.29, 0.717) is 17.4 Å². The lowest BCUT2D eigenvalue weighted by molar-refractivity contribution is 0.316. The first-order chi connectivity index (χ1) is 8.46. The fourth-order valence-electron chi connectivity index (χ4n) is 3.33. The lowest BCUT2D eigenvalue weighted by Crippen LogP contribution is -2.29. The van der Waals surface area contributed by atoms with Gasteiger partial charge in [-0.25, -0.2) is 0 Å². The van der Waals surface area contributed by atoms with Crippen molar-refractivity contribution in [1.29, 1.82) is 0 Å². The minimum Gasteiger partial charge on any atom is -0.328 e. The SMILES string of the molecule is CC(C)(C)CC(N)CC1CCCc2ccccc21. The maximum absolute atomic E-state index is 6.35. The Labute approximate surface area is 112 Å². The average molecular weight is 245 g/mol. The number of nitrogens with two attached hydrogens (primary N) is 1. The summed E-state index contributed by atoms with van der Waals surface area (Å²) in [6.07, 6.45) is 6.15. The molecule has 0 fully saturated rings. The van der Waals surface area contributed by atoms with Crippen molar-refractivity contribution in [3.05, 3.63) is 35.4 Å². The Bertz CT molecular complexity index is 389. The van der Waals surface area contributed by atoms with E-state index in [1.54, 1.807) is 11.1 Å². The van der Waals surface area contributed by atoms with Crippen LogP contribution < -0.4 is 5.73 Å². The van der Waals surface area contributed by atoms with Crippen molar-refractivity contribution in [2.45, 2.75) is 64.8 Å². The molecule has 0 saturated carbocycles. The molecule has 0 radical (unpaired) electrons. The van der Waals surface area contributed by atoms with Crippen molar-refractivity contribution in [2.75, 3.05) is 0 Å². The molecule has 0 spiro atoms. The van der Waals surface area contributed by atoms with Gasteiger partial charge in [-0.3, -0.25) is 0 Å². The molecule has 2 N–H and O–H groups in total. The van der Waals surface area contributed by atoms with Gasteiger partial charge in [0.2, 0.25) is 0 Å². The van der Waals surface area contributed by atoms with Crippen molar-refractivity contribution < 1.29 is 0 Å². The van der Waals surface area contributed by atoms with Gasteiger partial charge in [0.05, 0.1) is 0 Å². The number of fused-ring (bicyclic) bond motifs is 1. The van der Waals surface area contributed by atoms with Crippen LogP contribution in [0.5, 0.6) is 0 Å². The highest BCUT2D eigenvalue weighted by Crippen LogP contribution is 2.35. The zero-order valence-corrected chi connectivity index (χ0v) is 12.1. The molecule has 18 heavy (non-hydrogen) atoms. The van der Waals surface area contributed by atoms with Gasteiger partial charge >= 0.3 is 0 Å². The predicted molar refractivity (Wildman–Crippen MR) is 78.8 cm³/mol.